The molecule has 2 aromatic carbocycles. The molecule has 3 aromatic rings. The molecule has 0 atom stereocenters. The van der Waals surface area contributed by atoms with Gasteiger partial charge >= 0.3 is 17.8 Å². The van der Waals surface area contributed by atoms with Crippen molar-refractivity contribution < 1.29 is 19.1 Å². The molecular weight excluding hydrogens is 414 g/mol. The van der Waals surface area contributed by atoms with Crippen LogP contribution in [-0.4, -0.2) is 24.0 Å². The van der Waals surface area contributed by atoms with Crippen molar-refractivity contribution in [2.24, 2.45) is 5.10 Å². The number of carbonyl (C=O) groups excluding carboxylic acids is 3. The zero-order chi connectivity index (χ0) is 20.6. The van der Waals surface area contributed by atoms with E-state index in [1.165, 1.54) is 17.6 Å². The molecule has 146 valence electrons. The lowest BCUT2D eigenvalue weighted by atomic mass is 10.2. The van der Waals surface area contributed by atoms with Crippen LogP contribution in [0.1, 0.15) is 15.2 Å². The monoisotopic (exact) mass is 427 g/mol. The molecule has 0 aliphatic heterocycles. The first-order valence-electron chi connectivity index (χ1n) is 8.27. The molecule has 9 heteroatoms. The Bertz CT molecular complexity index is 1030. The zero-order valence-corrected chi connectivity index (χ0v) is 16.4. The summed E-state index contributed by atoms with van der Waals surface area (Å²) in [6.07, 6.45) is 1.36. The SMILES string of the molecule is O=C(N/N=C/c1ccc(OC(=O)c2cccs2)cc1)C(=O)Nc1ccc(Cl)cc1. The Hall–Kier alpha value is -3.49. The van der Waals surface area contributed by atoms with Crippen molar-refractivity contribution in [1.82, 2.24) is 5.43 Å². The summed E-state index contributed by atoms with van der Waals surface area (Å²) in [5.41, 5.74) is 3.21. The van der Waals surface area contributed by atoms with Crippen LogP contribution >= 0.6 is 22.9 Å². The lowest BCUT2D eigenvalue weighted by Gasteiger charge is -2.04. The van der Waals surface area contributed by atoms with Gasteiger partial charge in [-0.15, -0.1) is 11.3 Å². The van der Waals surface area contributed by atoms with Crippen LogP contribution in [0, 0.1) is 0 Å². The quantitative estimate of drug-likeness (QED) is 0.213. The molecule has 1 heterocycles. The molecule has 1 aromatic heterocycles. The van der Waals surface area contributed by atoms with Gasteiger partial charge in [-0.1, -0.05) is 17.7 Å². The normalized spacial score (nSPS) is 10.5. The number of halogens is 1. The van der Waals surface area contributed by atoms with Crippen LogP contribution < -0.4 is 15.5 Å². The van der Waals surface area contributed by atoms with Crippen molar-refractivity contribution in [3.05, 3.63) is 81.5 Å². The minimum atomic E-state index is -0.919. The van der Waals surface area contributed by atoms with Gasteiger partial charge in [0.15, 0.2) is 0 Å². The molecule has 0 saturated heterocycles. The van der Waals surface area contributed by atoms with E-state index in [-0.39, 0.29) is 0 Å². The molecule has 0 bridgehead atoms. The molecular formula is C20H14ClN3O4S. The van der Waals surface area contributed by atoms with Crippen molar-refractivity contribution in [1.29, 1.82) is 0 Å². The largest absolute Gasteiger partial charge is 0.422 e. The van der Waals surface area contributed by atoms with E-state index in [1.54, 1.807) is 66.0 Å². The van der Waals surface area contributed by atoms with Crippen LogP contribution in [0.2, 0.25) is 5.02 Å². The highest BCUT2D eigenvalue weighted by Crippen LogP contribution is 2.16. The Kier molecular flexibility index (Phi) is 6.72. The van der Waals surface area contributed by atoms with Gasteiger partial charge in [-0.05, 0) is 65.5 Å². The highest BCUT2D eigenvalue weighted by Gasteiger charge is 2.12. The third kappa shape index (κ3) is 6.00. The minimum Gasteiger partial charge on any atom is -0.422 e. The van der Waals surface area contributed by atoms with Crippen LogP contribution in [0.25, 0.3) is 0 Å². The second-order valence-corrected chi connectivity index (χ2v) is 6.98. The molecule has 0 aliphatic carbocycles. The fraction of sp³-hybridized carbons (Fsp3) is 0. The highest BCUT2D eigenvalue weighted by molar-refractivity contribution is 7.12. The van der Waals surface area contributed by atoms with Gasteiger partial charge in [0.05, 0.1) is 6.21 Å². The number of nitrogens with zero attached hydrogens (tertiary/aromatic N) is 1. The molecule has 0 spiro atoms. The maximum Gasteiger partial charge on any atom is 0.353 e. The van der Waals surface area contributed by atoms with Gasteiger partial charge in [-0.3, -0.25) is 9.59 Å². The summed E-state index contributed by atoms with van der Waals surface area (Å²) in [5.74, 6) is -1.83. The number of amides is 2. The third-order valence-electron chi connectivity index (χ3n) is 3.50. The molecule has 7 nitrogen and oxygen atoms in total. The zero-order valence-electron chi connectivity index (χ0n) is 14.8. The summed E-state index contributed by atoms with van der Waals surface area (Å²) in [7, 11) is 0. The van der Waals surface area contributed by atoms with E-state index < -0.39 is 17.8 Å². The number of hydrogen-bond acceptors (Lipinski definition) is 6. The van der Waals surface area contributed by atoms with Gasteiger partial charge in [-0.2, -0.15) is 5.10 Å². The Morgan fingerprint density at radius 2 is 1.69 bits per heavy atom. The van der Waals surface area contributed by atoms with E-state index in [1.807, 2.05) is 0 Å². The average molecular weight is 428 g/mol. The first kappa shape index (κ1) is 20.2. The summed E-state index contributed by atoms with van der Waals surface area (Å²) < 4.78 is 5.25. The lowest BCUT2D eigenvalue weighted by Crippen LogP contribution is -2.32. The summed E-state index contributed by atoms with van der Waals surface area (Å²) in [6.45, 7) is 0. The number of esters is 1. The Morgan fingerprint density at radius 1 is 0.966 bits per heavy atom. The van der Waals surface area contributed by atoms with Gasteiger partial charge in [0, 0.05) is 10.7 Å². The molecule has 29 heavy (non-hydrogen) atoms. The predicted molar refractivity (Wildman–Crippen MR) is 112 cm³/mol. The maximum atomic E-state index is 11.9. The third-order valence-corrected chi connectivity index (χ3v) is 4.60. The van der Waals surface area contributed by atoms with Gasteiger partial charge in [0.2, 0.25) is 0 Å². The van der Waals surface area contributed by atoms with Gasteiger partial charge in [-0.25, -0.2) is 10.2 Å². The van der Waals surface area contributed by atoms with E-state index in [0.717, 1.165) is 0 Å². The van der Waals surface area contributed by atoms with Crippen LogP contribution in [0.5, 0.6) is 5.75 Å². The summed E-state index contributed by atoms with van der Waals surface area (Å²) >= 11 is 7.06. The van der Waals surface area contributed by atoms with Crippen molar-refractivity contribution in [2.45, 2.75) is 0 Å². The number of thiophene rings is 1. The summed E-state index contributed by atoms with van der Waals surface area (Å²) in [4.78, 5) is 36.0. The number of benzene rings is 2. The smallest absolute Gasteiger partial charge is 0.353 e. The van der Waals surface area contributed by atoms with Crippen molar-refractivity contribution >= 4 is 52.6 Å². The maximum absolute atomic E-state index is 11.9. The number of nitrogens with one attached hydrogen (secondary N) is 2. The molecule has 2 N–H and O–H groups in total. The molecule has 0 unspecified atom stereocenters. The van der Waals surface area contributed by atoms with E-state index in [0.29, 0.717) is 26.9 Å². The van der Waals surface area contributed by atoms with E-state index in [2.05, 4.69) is 15.8 Å². The topological polar surface area (TPSA) is 96.9 Å². The predicted octanol–water partition coefficient (Wildman–Crippen LogP) is 3.71. The van der Waals surface area contributed by atoms with Crippen molar-refractivity contribution in [3.8, 4) is 5.75 Å². The summed E-state index contributed by atoms with van der Waals surface area (Å²) in [5, 5.41) is 8.47. The second-order valence-electron chi connectivity index (χ2n) is 5.60. The fourth-order valence-corrected chi connectivity index (χ4v) is 2.84. The molecule has 2 amide bonds. The number of hydrogen-bond donors (Lipinski definition) is 2. The standard InChI is InChI=1S/C20H14ClN3O4S/c21-14-5-7-15(8-6-14)23-18(25)19(26)24-22-12-13-3-9-16(10-4-13)28-20(27)17-2-1-11-29-17/h1-12H,(H,23,25)(H,24,26)/b22-12+. The first-order valence-corrected chi connectivity index (χ1v) is 9.53. The van der Waals surface area contributed by atoms with Gasteiger partial charge in [0.25, 0.3) is 0 Å². The minimum absolute atomic E-state index is 0.381. The Balaban J connectivity index is 1.49. The van der Waals surface area contributed by atoms with Gasteiger partial charge < -0.3 is 10.1 Å². The Labute approximate surface area is 175 Å². The van der Waals surface area contributed by atoms with Crippen molar-refractivity contribution in [2.75, 3.05) is 5.32 Å². The van der Waals surface area contributed by atoms with E-state index >= 15 is 0 Å². The van der Waals surface area contributed by atoms with E-state index in [4.69, 9.17) is 16.3 Å². The number of rotatable bonds is 5. The van der Waals surface area contributed by atoms with Crippen LogP contribution in [-0.2, 0) is 9.59 Å². The van der Waals surface area contributed by atoms with Crippen molar-refractivity contribution in [3.63, 3.8) is 0 Å². The highest BCUT2D eigenvalue weighted by atomic mass is 35.5. The van der Waals surface area contributed by atoms with Gasteiger partial charge in [0.1, 0.15) is 10.6 Å². The average Bonchev–Trinajstić information content (AvgIpc) is 3.26. The molecule has 0 radical (unpaired) electrons. The molecule has 3 rings (SSSR count). The number of ether oxygens (including phenoxy) is 1. The second kappa shape index (κ2) is 9.63. The number of carbonyl (C=O) groups is 3. The first-order chi connectivity index (χ1) is 14.0. The number of anilines is 1. The van der Waals surface area contributed by atoms with Crippen LogP contribution in [0.3, 0.4) is 0 Å². The Morgan fingerprint density at radius 3 is 2.34 bits per heavy atom. The lowest BCUT2D eigenvalue weighted by molar-refractivity contribution is -0.136. The van der Waals surface area contributed by atoms with E-state index in [9.17, 15) is 14.4 Å². The molecule has 0 saturated carbocycles. The fourth-order valence-electron chi connectivity index (χ4n) is 2.11. The van der Waals surface area contributed by atoms with Crippen LogP contribution in [0.4, 0.5) is 5.69 Å². The molecule has 0 fully saturated rings. The summed E-state index contributed by atoms with van der Waals surface area (Å²) in [6, 6.07) is 16.3. The molecule has 0 aliphatic rings. The van der Waals surface area contributed by atoms with Crippen LogP contribution in [0.15, 0.2) is 71.1 Å². The number of hydrazone groups is 1.